The van der Waals surface area contributed by atoms with Crippen molar-refractivity contribution in [1.29, 1.82) is 5.26 Å². The van der Waals surface area contributed by atoms with Crippen LogP contribution in [0.4, 0.5) is 34.1 Å². The molecule has 0 unspecified atom stereocenters. The lowest BCUT2D eigenvalue weighted by Gasteiger charge is -2.25. The SMILES string of the molecule is CCN(CC(=O)OC)c1cc(NC(C)=O)c(N=Nc2c(C#N)cc([N+](=O)[O-])cc2[N+](=O)[O-])cc1OC. The first-order valence-electron chi connectivity index (χ1n) is 10.2. The second-order valence-electron chi connectivity index (χ2n) is 7.00. The molecule has 2 aromatic carbocycles. The Morgan fingerprint density at radius 1 is 1.14 bits per heavy atom. The van der Waals surface area contributed by atoms with Crippen LogP contribution in [0.3, 0.4) is 0 Å². The monoisotopic (exact) mass is 499 g/mol. The molecular formula is C21H21N7O8. The van der Waals surface area contributed by atoms with E-state index in [4.69, 9.17) is 9.47 Å². The number of likely N-dealkylation sites (N-methyl/N-ethyl adjacent to an activating group) is 1. The maximum Gasteiger partial charge on any atom is 0.325 e. The van der Waals surface area contributed by atoms with Gasteiger partial charge in [0.2, 0.25) is 5.91 Å². The van der Waals surface area contributed by atoms with Crippen molar-refractivity contribution < 1.29 is 28.9 Å². The van der Waals surface area contributed by atoms with Gasteiger partial charge in [0, 0.05) is 25.6 Å². The van der Waals surface area contributed by atoms with Gasteiger partial charge in [0.25, 0.3) is 5.69 Å². The molecule has 0 aliphatic heterocycles. The number of hydrogen-bond acceptors (Lipinski definition) is 12. The van der Waals surface area contributed by atoms with E-state index < -0.39 is 44.3 Å². The van der Waals surface area contributed by atoms with Crippen LogP contribution in [0.5, 0.6) is 5.75 Å². The van der Waals surface area contributed by atoms with E-state index in [-0.39, 0.29) is 23.7 Å². The maximum absolute atomic E-state index is 11.8. The van der Waals surface area contributed by atoms with Crippen LogP contribution in [0.2, 0.25) is 0 Å². The molecule has 0 heterocycles. The smallest absolute Gasteiger partial charge is 0.325 e. The Morgan fingerprint density at radius 2 is 1.83 bits per heavy atom. The molecule has 0 saturated carbocycles. The molecule has 0 spiro atoms. The van der Waals surface area contributed by atoms with Crippen molar-refractivity contribution in [1.82, 2.24) is 0 Å². The normalized spacial score (nSPS) is 10.4. The molecule has 1 amide bonds. The lowest BCUT2D eigenvalue weighted by atomic mass is 10.1. The van der Waals surface area contributed by atoms with Gasteiger partial charge in [0.15, 0.2) is 5.69 Å². The zero-order valence-corrected chi connectivity index (χ0v) is 19.7. The molecule has 0 fully saturated rings. The Hall–Kier alpha value is -5.13. The molecule has 2 rings (SSSR count). The minimum Gasteiger partial charge on any atom is -0.494 e. The highest BCUT2D eigenvalue weighted by molar-refractivity contribution is 5.94. The quantitative estimate of drug-likeness (QED) is 0.217. The number of benzene rings is 2. The number of nitriles is 1. The summed E-state index contributed by atoms with van der Waals surface area (Å²) in [6.45, 7) is 3.27. The first-order valence-corrected chi connectivity index (χ1v) is 10.2. The predicted octanol–water partition coefficient (Wildman–Crippen LogP) is 3.76. The highest BCUT2D eigenvalue weighted by atomic mass is 16.6. The Bertz CT molecular complexity index is 1290. The van der Waals surface area contributed by atoms with Crippen LogP contribution >= 0.6 is 0 Å². The van der Waals surface area contributed by atoms with Crippen LogP contribution in [-0.4, -0.2) is 49.0 Å². The van der Waals surface area contributed by atoms with Gasteiger partial charge >= 0.3 is 11.7 Å². The molecule has 0 saturated heterocycles. The third-order valence-electron chi connectivity index (χ3n) is 4.74. The molecule has 15 nitrogen and oxygen atoms in total. The van der Waals surface area contributed by atoms with Crippen molar-refractivity contribution in [3.05, 3.63) is 50.1 Å². The molecule has 0 aliphatic rings. The number of carbonyl (C=O) groups is 2. The number of nitro groups is 2. The summed E-state index contributed by atoms with van der Waals surface area (Å²) < 4.78 is 10.1. The summed E-state index contributed by atoms with van der Waals surface area (Å²) in [4.78, 5) is 46.0. The van der Waals surface area contributed by atoms with Crippen LogP contribution in [0.25, 0.3) is 0 Å². The molecule has 0 bridgehead atoms. The Balaban J connectivity index is 2.71. The summed E-state index contributed by atoms with van der Waals surface area (Å²) in [5.74, 6) is -0.765. The fourth-order valence-corrected chi connectivity index (χ4v) is 3.07. The van der Waals surface area contributed by atoms with E-state index in [1.54, 1.807) is 17.9 Å². The van der Waals surface area contributed by atoms with Gasteiger partial charge in [-0.1, -0.05) is 0 Å². The van der Waals surface area contributed by atoms with E-state index in [1.807, 2.05) is 0 Å². The Kier molecular flexibility index (Phi) is 8.91. The number of methoxy groups -OCH3 is 2. The second kappa shape index (κ2) is 11.8. The summed E-state index contributed by atoms with van der Waals surface area (Å²) >= 11 is 0. The topological polar surface area (TPSA) is 203 Å². The standard InChI is InChI=1S/C21H21N7O8/c1-5-26(11-20(30)36-4)17-8-15(23-12(2)29)16(9-19(17)35-3)24-25-21-13(10-22)6-14(27(31)32)7-18(21)28(33)34/h6-9H,5,11H2,1-4H3,(H,23,29). The van der Waals surface area contributed by atoms with Gasteiger partial charge in [0.1, 0.15) is 24.1 Å². The fourth-order valence-electron chi connectivity index (χ4n) is 3.07. The number of non-ortho nitro benzene ring substituents is 1. The van der Waals surface area contributed by atoms with Crippen molar-refractivity contribution in [2.45, 2.75) is 13.8 Å². The summed E-state index contributed by atoms with van der Waals surface area (Å²) in [7, 11) is 2.60. The number of nitro benzene ring substituents is 2. The number of nitrogens with one attached hydrogen (secondary N) is 1. The number of hydrogen-bond donors (Lipinski definition) is 1. The van der Waals surface area contributed by atoms with Crippen molar-refractivity contribution in [3.63, 3.8) is 0 Å². The molecule has 2 aromatic rings. The first-order chi connectivity index (χ1) is 17.1. The van der Waals surface area contributed by atoms with Crippen LogP contribution in [0.15, 0.2) is 34.5 Å². The van der Waals surface area contributed by atoms with Crippen LogP contribution in [0, 0.1) is 31.6 Å². The average molecular weight is 499 g/mol. The van der Waals surface area contributed by atoms with Crippen molar-refractivity contribution in [2.75, 3.05) is 37.5 Å². The summed E-state index contributed by atoms with van der Waals surface area (Å²) in [5.41, 5.74) is -1.89. The van der Waals surface area contributed by atoms with Gasteiger partial charge in [-0.2, -0.15) is 5.26 Å². The molecule has 0 aromatic heterocycles. The number of amides is 1. The van der Waals surface area contributed by atoms with Crippen LogP contribution in [-0.2, 0) is 14.3 Å². The van der Waals surface area contributed by atoms with Gasteiger partial charge < -0.3 is 19.7 Å². The highest BCUT2D eigenvalue weighted by Crippen LogP contribution is 2.41. The largest absolute Gasteiger partial charge is 0.494 e. The fraction of sp³-hybridized carbons (Fsp3) is 0.286. The zero-order chi connectivity index (χ0) is 27.0. The molecule has 188 valence electrons. The zero-order valence-electron chi connectivity index (χ0n) is 19.7. The van der Waals surface area contributed by atoms with Gasteiger partial charge in [-0.15, -0.1) is 10.2 Å². The number of carbonyl (C=O) groups excluding carboxylic acids is 2. The molecule has 0 aliphatic carbocycles. The van der Waals surface area contributed by atoms with E-state index in [9.17, 15) is 35.1 Å². The van der Waals surface area contributed by atoms with Crippen LogP contribution in [0.1, 0.15) is 19.4 Å². The molecule has 1 N–H and O–H groups in total. The second-order valence-corrected chi connectivity index (χ2v) is 7.00. The summed E-state index contributed by atoms with van der Waals surface area (Å²) in [5, 5.41) is 42.3. The Morgan fingerprint density at radius 3 is 2.33 bits per heavy atom. The number of nitrogens with zero attached hydrogens (tertiary/aromatic N) is 6. The lowest BCUT2D eigenvalue weighted by molar-refractivity contribution is -0.393. The van der Waals surface area contributed by atoms with Gasteiger partial charge in [-0.05, 0) is 13.0 Å². The molecule has 36 heavy (non-hydrogen) atoms. The van der Waals surface area contributed by atoms with Crippen LogP contribution < -0.4 is 15.0 Å². The molecular weight excluding hydrogens is 478 g/mol. The number of azo groups is 1. The number of rotatable bonds is 10. The van der Waals surface area contributed by atoms with Gasteiger partial charge in [-0.25, -0.2) is 0 Å². The van der Waals surface area contributed by atoms with E-state index >= 15 is 0 Å². The summed E-state index contributed by atoms with van der Waals surface area (Å²) in [6.07, 6.45) is 0. The molecule has 0 radical (unpaired) electrons. The highest BCUT2D eigenvalue weighted by Gasteiger charge is 2.25. The molecule has 15 heteroatoms. The number of anilines is 2. The van der Waals surface area contributed by atoms with Crippen molar-refractivity contribution >= 4 is 46.0 Å². The third-order valence-corrected chi connectivity index (χ3v) is 4.74. The first kappa shape index (κ1) is 27.1. The van der Waals surface area contributed by atoms with Crippen molar-refractivity contribution in [3.8, 4) is 11.8 Å². The predicted molar refractivity (Wildman–Crippen MR) is 126 cm³/mol. The van der Waals surface area contributed by atoms with E-state index in [0.29, 0.717) is 18.3 Å². The maximum atomic E-state index is 11.8. The third kappa shape index (κ3) is 6.26. The number of esters is 1. The minimum atomic E-state index is -0.924. The van der Waals surface area contributed by atoms with E-state index in [0.717, 1.165) is 6.07 Å². The van der Waals surface area contributed by atoms with E-state index in [1.165, 1.54) is 33.3 Å². The Labute approximate surface area is 204 Å². The van der Waals surface area contributed by atoms with Gasteiger partial charge in [-0.3, -0.25) is 29.8 Å². The average Bonchev–Trinajstić information content (AvgIpc) is 2.84. The number of ether oxygens (including phenoxy) is 2. The van der Waals surface area contributed by atoms with E-state index in [2.05, 4.69) is 15.5 Å². The van der Waals surface area contributed by atoms with Gasteiger partial charge in [0.05, 0.1) is 47.1 Å². The molecule has 0 atom stereocenters. The lowest BCUT2D eigenvalue weighted by Crippen LogP contribution is -2.30. The summed E-state index contributed by atoms with van der Waals surface area (Å²) in [6, 6.07) is 5.98. The minimum absolute atomic E-state index is 0.00328. The van der Waals surface area contributed by atoms with Crippen molar-refractivity contribution in [2.24, 2.45) is 10.2 Å².